The quantitative estimate of drug-likeness (QED) is 0.0181. The first-order valence-electron chi connectivity index (χ1n) is 56.1. The number of unbranched alkanes of at least 4 members (excludes halogenated alkanes) is 25. The van der Waals surface area contributed by atoms with E-state index >= 15 is 0 Å². The molecule has 0 aromatic heterocycles. The van der Waals surface area contributed by atoms with E-state index in [9.17, 15) is 59.7 Å². The first-order chi connectivity index (χ1) is 65.1. The fourth-order valence-corrected chi connectivity index (χ4v) is 18.4. The summed E-state index contributed by atoms with van der Waals surface area (Å²) in [7, 11) is 0. The van der Waals surface area contributed by atoms with E-state index in [1.807, 2.05) is 53.7 Å². The largest absolute Gasteiger partial charge is 0.508 e. The molecular weight excluding hydrogens is 1850 g/mol. The summed E-state index contributed by atoms with van der Waals surface area (Å²) >= 11 is 0. The number of carbonyl (C=O) groups is 5. The lowest BCUT2D eigenvalue weighted by atomic mass is 9.86. The highest BCUT2D eigenvalue weighted by Crippen LogP contribution is 2.36. The van der Waals surface area contributed by atoms with Crippen LogP contribution in [0.4, 0.5) is 0 Å². The van der Waals surface area contributed by atoms with Gasteiger partial charge in [-0.3, -0.25) is 24.0 Å². The van der Waals surface area contributed by atoms with Crippen LogP contribution in [0.25, 0.3) is 0 Å². The molecule has 0 radical (unpaired) electrons. The Labute approximate surface area is 934 Å². The van der Waals surface area contributed by atoms with Gasteiger partial charge in [-0.05, 0) is 395 Å². The second-order valence-electron chi connectivity index (χ2n) is 51.8. The zero-order chi connectivity index (χ0) is 106. The third-order valence-electron chi connectivity index (χ3n) is 28.8. The SMILES string of the molecule is C.C.C.C.C.C.C.C.C.C.CC(C)(C)CCCCCCc1cc(O)ccc1CCCCCC(C)(C)C(=O)O.CC(C)(C)CCCCCCc1ccc(O)cc1CCCCCC(C)(C)C(=O)O.Cc1ccc(CCCCCC(C)(C)C(=O)O)c(CCCCCCC(C)(C)C)c1.Cc1ccc(CCCCCCC(C)(C)C)c(CCCCCC(C)(C)C(=O)O)c1.Cc1cccc(CCCCCCC(C)(C)C)c1CCCCCC(C)(C)C(=O)O. The van der Waals surface area contributed by atoms with Crippen LogP contribution in [-0.4, -0.2) is 65.6 Å². The molecule has 12 heteroatoms. The molecule has 0 atom stereocenters. The highest BCUT2D eigenvalue weighted by Gasteiger charge is 2.31. The summed E-state index contributed by atoms with van der Waals surface area (Å²) in [5.41, 5.74) is 17.7. The van der Waals surface area contributed by atoms with Gasteiger partial charge in [-0.2, -0.15) is 0 Å². The predicted molar refractivity (Wildman–Crippen MR) is 666 cm³/mol. The number of rotatable bonds is 65. The van der Waals surface area contributed by atoms with Gasteiger partial charge in [-0.15, -0.1) is 0 Å². The molecule has 0 spiro atoms. The van der Waals surface area contributed by atoms with Gasteiger partial charge in [0.1, 0.15) is 11.5 Å². The summed E-state index contributed by atoms with van der Waals surface area (Å²) in [5.74, 6) is -2.78. The minimum absolute atomic E-state index is 0. The van der Waals surface area contributed by atoms with Gasteiger partial charge in [0.2, 0.25) is 0 Å². The molecule has 5 rings (SSSR count). The van der Waals surface area contributed by atoms with Crippen molar-refractivity contribution >= 4 is 29.8 Å². The second kappa shape index (κ2) is 84.3. The Morgan fingerprint density at radius 1 is 0.187 bits per heavy atom. The first kappa shape index (κ1) is 163. The van der Waals surface area contributed by atoms with Crippen molar-refractivity contribution < 1.29 is 59.7 Å². The highest BCUT2D eigenvalue weighted by atomic mass is 16.4. The monoisotopic (exact) mass is 2110 g/mol. The molecule has 0 heterocycles. The molecule has 0 aliphatic carbocycles. The Kier molecular flexibility index (Phi) is 91.7. The second-order valence-corrected chi connectivity index (χ2v) is 51.8. The zero-order valence-electron chi connectivity index (χ0n) is 95.7. The average molecular weight is 2110 g/mol. The van der Waals surface area contributed by atoms with Gasteiger partial charge in [-0.1, -0.05) is 417 Å². The molecule has 880 valence electrons. The van der Waals surface area contributed by atoms with Crippen LogP contribution in [0.15, 0.2) is 91.0 Å². The van der Waals surface area contributed by atoms with Gasteiger partial charge in [-0.25, -0.2) is 0 Å². The van der Waals surface area contributed by atoms with Crippen molar-refractivity contribution in [1.82, 2.24) is 0 Å². The van der Waals surface area contributed by atoms with Crippen LogP contribution >= 0.6 is 0 Å². The summed E-state index contributed by atoms with van der Waals surface area (Å²) in [6.07, 6.45) is 63.1. The van der Waals surface area contributed by atoms with Crippen LogP contribution in [0.2, 0.25) is 0 Å². The van der Waals surface area contributed by atoms with E-state index in [2.05, 4.69) is 191 Å². The molecule has 5 aromatic carbocycles. The Balaban J connectivity index is -0.000000201. The molecule has 0 aliphatic heterocycles. The normalized spacial score (nSPS) is 11.5. The van der Waals surface area contributed by atoms with E-state index in [-0.39, 0.29) is 74.3 Å². The van der Waals surface area contributed by atoms with Crippen molar-refractivity contribution in [2.24, 2.45) is 54.1 Å². The highest BCUT2D eigenvalue weighted by molar-refractivity contribution is 5.75. The molecule has 0 amide bonds. The summed E-state index contributed by atoms with van der Waals surface area (Å²) in [5, 5.41) is 65.8. The van der Waals surface area contributed by atoms with E-state index in [1.165, 1.54) is 252 Å². The standard InChI is InChI=1S/3C26H44O2.2C25H42O3.10CH4/c1-21-15-14-17-22(16-10-7-8-12-19-25(2,3)4)23(21)18-11-9-13-20-26(5,6)24(27)28;1-21-16-17-22(14-11-9-13-19-26(5,6)24(27)28)23(20-21)15-10-7-8-12-18-25(2,3)4;1-21-16-17-22(14-10-7-8-12-18-25(2,3)4)23(20-21)15-11-9-13-19-26(5,6)24(27)28;1-24(2,3)17-11-7-6-9-14-21-19-22(26)16-15-20(21)13-10-8-12-18-25(4,5)23(27)28;1-24(2,3)17-11-7-6-9-13-20-15-16-22(26)19-21(20)14-10-8-12-18-25(4,5)23(27)28;;;;;;;;;;/h14-15,17H,7-13,16,18-20H2,1-6H3,(H,27,28);2*16-17,20H,7-15,18-19H2,1-6H3,(H,27,28);2*15-16,19,26H,6-14,17-18H2,1-5H3,(H,27,28);10*1H4. The molecule has 0 unspecified atom stereocenters. The molecule has 0 bridgehead atoms. The summed E-state index contributed by atoms with van der Waals surface area (Å²) < 4.78 is 0. The van der Waals surface area contributed by atoms with Crippen LogP contribution < -0.4 is 0 Å². The maximum absolute atomic E-state index is 11.2. The number of aliphatic carboxylic acids is 5. The third kappa shape index (κ3) is 81.7. The number of aromatic hydroxyl groups is 2. The van der Waals surface area contributed by atoms with Gasteiger partial charge in [0.15, 0.2) is 0 Å². The fraction of sp³-hybridized carbons (Fsp3) is 0.746. The molecular formula is C138H256O12. The summed E-state index contributed by atoms with van der Waals surface area (Å²) in [4.78, 5) is 56.0. The van der Waals surface area contributed by atoms with E-state index in [4.69, 9.17) is 0 Å². The Hall–Kier alpha value is -6.95. The van der Waals surface area contributed by atoms with Crippen LogP contribution in [0.5, 0.6) is 11.5 Å². The molecule has 12 nitrogen and oxygen atoms in total. The number of benzene rings is 5. The van der Waals surface area contributed by atoms with Gasteiger partial charge in [0.05, 0.1) is 27.1 Å². The van der Waals surface area contributed by atoms with Crippen molar-refractivity contribution in [3.63, 3.8) is 0 Å². The zero-order valence-corrected chi connectivity index (χ0v) is 95.7. The van der Waals surface area contributed by atoms with Gasteiger partial charge < -0.3 is 35.7 Å². The number of hydrogen-bond donors (Lipinski definition) is 7. The smallest absolute Gasteiger partial charge is 0.309 e. The average Bonchev–Trinajstić information content (AvgIpc) is 0.862. The molecule has 7 N–H and O–H groups in total. The van der Waals surface area contributed by atoms with Crippen LogP contribution in [0, 0.1) is 74.9 Å². The van der Waals surface area contributed by atoms with E-state index in [0.29, 0.717) is 45.0 Å². The molecule has 5 aromatic rings. The van der Waals surface area contributed by atoms with Crippen LogP contribution in [0.3, 0.4) is 0 Å². The third-order valence-corrected chi connectivity index (χ3v) is 28.8. The van der Waals surface area contributed by atoms with Crippen molar-refractivity contribution in [1.29, 1.82) is 0 Å². The molecule has 0 saturated carbocycles. The lowest BCUT2D eigenvalue weighted by molar-refractivity contribution is -0.148. The van der Waals surface area contributed by atoms with E-state index in [0.717, 1.165) is 167 Å². The topological polar surface area (TPSA) is 227 Å². The number of phenolic OH excluding ortho intramolecular Hbond substituents is 2. The minimum atomic E-state index is -0.717. The Morgan fingerprint density at radius 3 is 0.560 bits per heavy atom. The van der Waals surface area contributed by atoms with Crippen LogP contribution in [0.1, 0.15) is 609 Å². The van der Waals surface area contributed by atoms with E-state index < -0.39 is 56.9 Å². The van der Waals surface area contributed by atoms with Gasteiger partial charge >= 0.3 is 29.8 Å². The Morgan fingerprint density at radius 2 is 0.353 bits per heavy atom. The number of aryl methyl sites for hydroxylation is 12. The van der Waals surface area contributed by atoms with Crippen molar-refractivity contribution in [3.8, 4) is 11.5 Å². The molecule has 0 fully saturated rings. The number of phenols is 2. The summed E-state index contributed by atoms with van der Waals surface area (Å²) in [6.45, 7) is 59.5. The molecule has 150 heavy (non-hydrogen) atoms. The van der Waals surface area contributed by atoms with Crippen molar-refractivity contribution in [2.45, 2.75) is 621 Å². The maximum atomic E-state index is 11.2. The molecule has 0 saturated heterocycles. The number of carboxylic acid groups (broad SMARTS) is 5. The number of carboxylic acids is 5. The predicted octanol–water partition coefficient (Wildman–Crippen LogP) is 43.9. The lowest BCUT2D eigenvalue weighted by Crippen LogP contribution is -2.23. The Bertz CT molecular complexity index is 3970. The lowest BCUT2D eigenvalue weighted by Gasteiger charge is -2.19. The van der Waals surface area contributed by atoms with E-state index in [1.54, 1.807) is 39.8 Å². The molecule has 0 aliphatic rings. The first-order valence-corrected chi connectivity index (χ1v) is 56.1. The van der Waals surface area contributed by atoms with Crippen molar-refractivity contribution in [2.75, 3.05) is 0 Å². The van der Waals surface area contributed by atoms with Gasteiger partial charge in [0.25, 0.3) is 0 Å². The fourth-order valence-electron chi connectivity index (χ4n) is 18.4. The number of hydrogen-bond acceptors (Lipinski definition) is 7. The van der Waals surface area contributed by atoms with Crippen molar-refractivity contribution in [3.05, 3.63) is 163 Å². The van der Waals surface area contributed by atoms with Gasteiger partial charge in [0, 0.05) is 0 Å². The summed E-state index contributed by atoms with van der Waals surface area (Å²) in [6, 6.07) is 32.1. The maximum Gasteiger partial charge on any atom is 0.309 e. The van der Waals surface area contributed by atoms with Crippen LogP contribution in [-0.2, 0) is 88.2 Å². The minimum Gasteiger partial charge on any atom is -0.508 e.